The molecular formula is C12H10ClN5. The van der Waals surface area contributed by atoms with Crippen LogP contribution in [0.2, 0.25) is 5.28 Å². The number of nitrogens with zero attached hydrogens (tertiary/aromatic N) is 3. The minimum Gasteiger partial charge on any atom is -0.364 e. The van der Waals surface area contributed by atoms with Gasteiger partial charge in [0.25, 0.3) is 0 Å². The summed E-state index contributed by atoms with van der Waals surface area (Å²) in [6.45, 7) is 0.608. The van der Waals surface area contributed by atoms with Crippen LogP contribution in [0.1, 0.15) is 5.69 Å². The van der Waals surface area contributed by atoms with Gasteiger partial charge in [-0.25, -0.2) is 15.0 Å². The van der Waals surface area contributed by atoms with Gasteiger partial charge in [-0.15, -0.1) is 0 Å². The van der Waals surface area contributed by atoms with Crippen molar-refractivity contribution in [3.05, 3.63) is 47.8 Å². The fraction of sp³-hybridized carbons (Fsp3) is 0.0833. The normalized spacial score (nSPS) is 10.7. The van der Waals surface area contributed by atoms with Gasteiger partial charge in [0.05, 0.1) is 24.1 Å². The lowest BCUT2D eigenvalue weighted by Crippen LogP contribution is -2.03. The molecule has 2 aromatic heterocycles. The Hall–Kier alpha value is -2.14. The van der Waals surface area contributed by atoms with Gasteiger partial charge in [-0.1, -0.05) is 12.1 Å². The number of hydrogen-bond donors (Lipinski definition) is 2. The lowest BCUT2D eigenvalue weighted by atomic mass is 10.2. The van der Waals surface area contributed by atoms with Crippen molar-refractivity contribution in [2.75, 3.05) is 5.32 Å². The molecule has 2 heterocycles. The summed E-state index contributed by atoms with van der Waals surface area (Å²) in [6.07, 6.45) is 3.40. The fourth-order valence-corrected chi connectivity index (χ4v) is 1.92. The van der Waals surface area contributed by atoms with Gasteiger partial charge in [0.2, 0.25) is 5.28 Å². The second-order valence-electron chi connectivity index (χ2n) is 3.79. The van der Waals surface area contributed by atoms with E-state index >= 15 is 0 Å². The predicted octanol–water partition coefficient (Wildman–Crippen LogP) is 2.62. The maximum absolute atomic E-state index is 5.90. The van der Waals surface area contributed by atoms with Crippen LogP contribution in [0.15, 0.2) is 36.8 Å². The van der Waals surface area contributed by atoms with Gasteiger partial charge in [-0.2, -0.15) is 0 Å². The molecule has 0 atom stereocenters. The van der Waals surface area contributed by atoms with E-state index in [-0.39, 0.29) is 5.28 Å². The van der Waals surface area contributed by atoms with Crippen molar-refractivity contribution < 1.29 is 0 Å². The quantitative estimate of drug-likeness (QED) is 0.710. The Morgan fingerprint density at radius 2 is 2.11 bits per heavy atom. The van der Waals surface area contributed by atoms with E-state index in [1.165, 1.54) is 0 Å². The molecule has 2 N–H and O–H groups in total. The van der Waals surface area contributed by atoms with Crippen LogP contribution < -0.4 is 5.32 Å². The van der Waals surface area contributed by atoms with Gasteiger partial charge < -0.3 is 10.3 Å². The maximum Gasteiger partial charge on any atom is 0.224 e. The minimum absolute atomic E-state index is 0.237. The molecule has 0 unspecified atom stereocenters. The summed E-state index contributed by atoms with van der Waals surface area (Å²) in [5.74, 6) is 0.722. The maximum atomic E-state index is 5.90. The van der Waals surface area contributed by atoms with Gasteiger partial charge in [0.1, 0.15) is 5.82 Å². The third-order valence-corrected chi connectivity index (χ3v) is 2.75. The van der Waals surface area contributed by atoms with E-state index in [1.54, 1.807) is 12.5 Å². The van der Waals surface area contributed by atoms with Crippen LogP contribution in [-0.2, 0) is 6.54 Å². The lowest BCUT2D eigenvalue weighted by molar-refractivity contribution is 1.05. The van der Waals surface area contributed by atoms with Crippen molar-refractivity contribution in [3.8, 4) is 0 Å². The zero-order chi connectivity index (χ0) is 12.4. The topological polar surface area (TPSA) is 66.5 Å². The highest BCUT2D eigenvalue weighted by Gasteiger charge is 2.05. The van der Waals surface area contributed by atoms with E-state index in [0.717, 1.165) is 22.4 Å². The molecule has 90 valence electrons. The zero-order valence-corrected chi connectivity index (χ0v) is 10.1. The van der Waals surface area contributed by atoms with E-state index in [2.05, 4.69) is 25.3 Å². The fourth-order valence-electron chi connectivity index (χ4n) is 1.74. The third-order valence-electron chi connectivity index (χ3n) is 2.58. The molecule has 3 rings (SSSR count). The Bertz CT molecular complexity index is 665. The average molecular weight is 260 g/mol. The molecule has 1 aromatic carbocycles. The Morgan fingerprint density at radius 1 is 1.22 bits per heavy atom. The molecule has 0 saturated heterocycles. The molecule has 6 heteroatoms. The van der Waals surface area contributed by atoms with Crippen molar-refractivity contribution >= 4 is 28.3 Å². The first kappa shape index (κ1) is 11.0. The molecule has 0 fully saturated rings. The zero-order valence-electron chi connectivity index (χ0n) is 9.39. The van der Waals surface area contributed by atoms with Gasteiger partial charge in [0, 0.05) is 11.6 Å². The molecule has 0 bridgehead atoms. The van der Waals surface area contributed by atoms with E-state index in [4.69, 9.17) is 11.6 Å². The summed E-state index contributed by atoms with van der Waals surface area (Å²) in [5.41, 5.74) is 1.80. The predicted molar refractivity (Wildman–Crippen MR) is 70.5 cm³/mol. The van der Waals surface area contributed by atoms with Crippen LogP contribution in [0.25, 0.3) is 10.9 Å². The number of nitrogens with one attached hydrogen (secondary N) is 2. The van der Waals surface area contributed by atoms with Crippen LogP contribution >= 0.6 is 11.6 Å². The summed E-state index contributed by atoms with van der Waals surface area (Å²) in [6, 6.07) is 7.73. The van der Waals surface area contributed by atoms with Gasteiger partial charge in [-0.3, -0.25) is 0 Å². The van der Waals surface area contributed by atoms with Crippen molar-refractivity contribution in [1.29, 1.82) is 0 Å². The Morgan fingerprint density at radius 3 is 2.94 bits per heavy atom. The molecular weight excluding hydrogens is 250 g/mol. The molecule has 0 radical (unpaired) electrons. The number of aromatic amines is 1. The molecule has 18 heavy (non-hydrogen) atoms. The smallest absolute Gasteiger partial charge is 0.224 e. The number of para-hydroxylation sites is 1. The highest BCUT2D eigenvalue weighted by Crippen LogP contribution is 2.21. The van der Waals surface area contributed by atoms with E-state index in [1.807, 2.05) is 24.3 Å². The number of anilines is 1. The third kappa shape index (κ3) is 2.12. The first-order valence-corrected chi connectivity index (χ1v) is 5.84. The largest absolute Gasteiger partial charge is 0.364 e. The summed E-state index contributed by atoms with van der Waals surface area (Å²) >= 11 is 5.90. The highest BCUT2D eigenvalue weighted by atomic mass is 35.5. The van der Waals surface area contributed by atoms with Crippen molar-refractivity contribution in [2.24, 2.45) is 0 Å². The molecule has 0 aliphatic rings. The number of fused-ring (bicyclic) bond motifs is 1. The molecule has 3 aromatic rings. The van der Waals surface area contributed by atoms with Gasteiger partial charge in [-0.05, 0) is 23.7 Å². The van der Waals surface area contributed by atoms with Crippen molar-refractivity contribution in [1.82, 2.24) is 19.9 Å². The van der Waals surface area contributed by atoms with E-state index in [9.17, 15) is 0 Å². The van der Waals surface area contributed by atoms with Crippen molar-refractivity contribution in [3.63, 3.8) is 0 Å². The number of rotatable bonds is 3. The number of H-pyrrole nitrogens is 1. The van der Waals surface area contributed by atoms with Crippen LogP contribution in [0.4, 0.5) is 5.82 Å². The molecule has 0 spiro atoms. The Kier molecular flexibility index (Phi) is 2.82. The first-order valence-electron chi connectivity index (χ1n) is 5.46. The molecule has 0 amide bonds. The van der Waals surface area contributed by atoms with Crippen LogP contribution in [0.5, 0.6) is 0 Å². The standard InChI is InChI=1S/C12H10ClN5/c13-12-17-10-4-2-1-3-9(10)11(18-12)15-6-8-5-14-7-16-8/h1-5,7H,6H2,(H,14,16)(H,15,17,18). The number of benzene rings is 1. The number of aromatic nitrogens is 4. The molecule has 0 saturated carbocycles. The van der Waals surface area contributed by atoms with E-state index in [0.29, 0.717) is 6.54 Å². The Balaban J connectivity index is 1.95. The highest BCUT2D eigenvalue weighted by molar-refractivity contribution is 6.28. The lowest BCUT2D eigenvalue weighted by Gasteiger charge is -2.07. The molecule has 0 aliphatic heterocycles. The van der Waals surface area contributed by atoms with E-state index < -0.39 is 0 Å². The van der Waals surface area contributed by atoms with Crippen LogP contribution in [0.3, 0.4) is 0 Å². The summed E-state index contributed by atoms with van der Waals surface area (Å²) in [4.78, 5) is 15.4. The summed E-state index contributed by atoms with van der Waals surface area (Å²) in [7, 11) is 0. The average Bonchev–Trinajstić information content (AvgIpc) is 2.89. The number of hydrogen-bond acceptors (Lipinski definition) is 4. The minimum atomic E-state index is 0.237. The number of imidazole rings is 1. The van der Waals surface area contributed by atoms with Gasteiger partial charge in [0.15, 0.2) is 0 Å². The summed E-state index contributed by atoms with van der Waals surface area (Å²) < 4.78 is 0. The molecule has 5 nitrogen and oxygen atoms in total. The Labute approximate surface area is 108 Å². The van der Waals surface area contributed by atoms with Crippen molar-refractivity contribution in [2.45, 2.75) is 6.54 Å². The molecule has 0 aliphatic carbocycles. The number of halogens is 1. The van der Waals surface area contributed by atoms with Crippen LogP contribution in [0, 0.1) is 0 Å². The first-order chi connectivity index (χ1) is 8.83. The summed E-state index contributed by atoms with van der Waals surface area (Å²) in [5, 5.41) is 4.41. The monoisotopic (exact) mass is 259 g/mol. The van der Waals surface area contributed by atoms with Crippen LogP contribution in [-0.4, -0.2) is 19.9 Å². The second kappa shape index (κ2) is 4.62. The van der Waals surface area contributed by atoms with Gasteiger partial charge >= 0.3 is 0 Å². The second-order valence-corrected chi connectivity index (χ2v) is 4.13. The SMILES string of the molecule is Clc1nc(NCc2cnc[nH]2)c2ccccc2n1.